The van der Waals surface area contributed by atoms with E-state index in [2.05, 4.69) is 89.2 Å². The van der Waals surface area contributed by atoms with Gasteiger partial charge in [-0.15, -0.1) is 0 Å². The molecular formula is C24H26N2. The number of nitrogens with two attached hydrogens (primary N) is 1. The maximum Gasteiger partial charge on any atom is 0.0633 e. The van der Waals surface area contributed by atoms with Gasteiger partial charge in [0.1, 0.15) is 0 Å². The molecule has 0 spiro atoms. The van der Waals surface area contributed by atoms with Crippen LogP contribution in [-0.2, 0) is 5.41 Å². The second-order valence-corrected chi connectivity index (χ2v) is 8.02. The molecule has 0 fully saturated rings. The lowest BCUT2D eigenvalue weighted by atomic mass is 9.82. The number of hydrazine groups is 1. The first kappa shape index (κ1) is 16.9. The van der Waals surface area contributed by atoms with Gasteiger partial charge in [0.25, 0.3) is 0 Å². The Morgan fingerprint density at radius 2 is 1.38 bits per heavy atom. The molecule has 0 atom stereocenters. The molecule has 0 saturated heterocycles. The first-order valence-corrected chi connectivity index (χ1v) is 9.18. The highest BCUT2D eigenvalue weighted by atomic mass is 15.4. The Morgan fingerprint density at radius 3 is 2.08 bits per heavy atom. The molecule has 3 aromatic rings. The molecule has 2 nitrogen and oxygen atoms in total. The minimum atomic E-state index is -0.0137. The summed E-state index contributed by atoms with van der Waals surface area (Å²) >= 11 is 0. The van der Waals surface area contributed by atoms with Gasteiger partial charge in [-0.3, -0.25) is 5.01 Å². The van der Waals surface area contributed by atoms with Crippen LogP contribution in [0.2, 0.25) is 0 Å². The highest BCUT2D eigenvalue weighted by Gasteiger charge is 2.35. The summed E-state index contributed by atoms with van der Waals surface area (Å²) in [6, 6.07) is 19.7. The molecule has 0 radical (unpaired) electrons. The minimum Gasteiger partial charge on any atom is -0.279 e. The van der Waals surface area contributed by atoms with Crippen molar-refractivity contribution in [1.82, 2.24) is 0 Å². The van der Waals surface area contributed by atoms with Gasteiger partial charge in [0.05, 0.1) is 11.4 Å². The Hall–Kier alpha value is -2.58. The molecule has 26 heavy (non-hydrogen) atoms. The lowest BCUT2D eigenvalue weighted by Crippen LogP contribution is -2.27. The van der Waals surface area contributed by atoms with Gasteiger partial charge < -0.3 is 0 Å². The standard InChI is InChI=1S/C24H26N2/c1-15-12-16(2)23(17(3)13-15)26(25)18-10-11-20-19-8-6-7-9-21(19)24(4,5)22(20)14-18/h6-14H,25H2,1-5H3. The average Bonchev–Trinajstić information content (AvgIpc) is 2.82. The summed E-state index contributed by atoms with van der Waals surface area (Å²) < 4.78 is 0. The Morgan fingerprint density at radius 1 is 0.769 bits per heavy atom. The monoisotopic (exact) mass is 342 g/mol. The molecule has 3 aromatic carbocycles. The first-order chi connectivity index (χ1) is 12.3. The van der Waals surface area contributed by atoms with Crippen LogP contribution in [0.25, 0.3) is 11.1 Å². The number of aryl methyl sites for hydroxylation is 3. The molecule has 4 rings (SSSR count). The number of fused-ring (bicyclic) bond motifs is 3. The van der Waals surface area contributed by atoms with Gasteiger partial charge in [-0.05, 0) is 66.3 Å². The van der Waals surface area contributed by atoms with Crippen molar-refractivity contribution in [3.63, 3.8) is 0 Å². The van der Waals surface area contributed by atoms with E-state index in [1.165, 1.54) is 38.9 Å². The van der Waals surface area contributed by atoms with Crippen molar-refractivity contribution >= 4 is 11.4 Å². The quantitative estimate of drug-likeness (QED) is 0.462. The third kappa shape index (κ3) is 2.37. The number of anilines is 2. The summed E-state index contributed by atoms with van der Waals surface area (Å²) in [5.41, 5.74) is 11.2. The van der Waals surface area contributed by atoms with E-state index in [4.69, 9.17) is 5.84 Å². The third-order valence-corrected chi connectivity index (χ3v) is 5.72. The topological polar surface area (TPSA) is 29.3 Å². The zero-order chi connectivity index (χ0) is 18.6. The van der Waals surface area contributed by atoms with Gasteiger partial charge in [0, 0.05) is 5.41 Å². The van der Waals surface area contributed by atoms with Crippen LogP contribution in [0.4, 0.5) is 11.4 Å². The van der Waals surface area contributed by atoms with E-state index < -0.39 is 0 Å². The molecule has 0 saturated carbocycles. The summed E-state index contributed by atoms with van der Waals surface area (Å²) in [4.78, 5) is 0. The van der Waals surface area contributed by atoms with Gasteiger partial charge >= 0.3 is 0 Å². The number of hydrogen-bond acceptors (Lipinski definition) is 2. The van der Waals surface area contributed by atoms with E-state index >= 15 is 0 Å². The molecular weight excluding hydrogens is 316 g/mol. The minimum absolute atomic E-state index is 0.0137. The molecule has 0 bridgehead atoms. The summed E-state index contributed by atoms with van der Waals surface area (Å²) in [5, 5.41) is 1.84. The highest BCUT2D eigenvalue weighted by Crippen LogP contribution is 2.49. The zero-order valence-corrected chi connectivity index (χ0v) is 16.2. The average molecular weight is 342 g/mol. The van der Waals surface area contributed by atoms with Crippen LogP contribution in [0.3, 0.4) is 0 Å². The number of nitrogens with zero attached hydrogens (tertiary/aromatic N) is 1. The summed E-state index contributed by atoms with van der Waals surface area (Å²) in [7, 11) is 0. The Bertz CT molecular complexity index is 991. The molecule has 0 aromatic heterocycles. The van der Waals surface area contributed by atoms with E-state index in [0.29, 0.717) is 0 Å². The summed E-state index contributed by atoms with van der Waals surface area (Å²) in [6.45, 7) is 11.0. The van der Waals surface area contributed by atoms with Crippen molar-refractivity contribution in [2.75, 3.05) is 5.01 Å². The molecule has 0 heterocycles. The molecule has 0 amide bonds. The van der Waals surface area contributed by atoms with Crippen molar-refractivity contribution in [3.05, 3.63) is 82.4 Å². The van der Waals surface area contributed by atoms with Crippen molar-refractivity contribution in [2.24, 2.45) is 5.84 Å². The summed E-state index contributed by atoms with van der Waals surface area (Å²) in [6.07, 6.45) is 0. The van der Waals surface area contributed by atoms with Gasteiger partial charge in [-0.25, -0.2) is 5.84 Å². The molecule has 1 aliphatic rings. The van der Waals surface area contributed by atoms with E-state index in [9.17, 15) is 0 Å². The highest BCUT2D eigenvalue weighted by molar-refractivity contribution is 5.83. The molecule has 2 N–H and O–H groups in total. The van der Waals surface area contributed by atoms with E-state index in [-0.39, 0.29) is 5.41 Å². The SMILES string of the molecule is Cc1cc(C)c(N(N)c2ccc3c(c2)C(C)(C)c2ccccc2-3)c(C)c1. The van der Waals surface area contributed by atoms with Crippen LogP contribution in [0, 0.1) is 20.8 Å². The largest absolute Gasteiger partial charge is 0.279 e. The Balaban J connectivity index is 1.84. The van der Waals surface area contributed by atoms with E-state index in [0.717, 1.165) is 11.4 Å². The fraction of sp³-hybridized carbons (Fsp3) is 0.250. The van der Waals surface area contributed by atoms with Gasteiger partial charge in [0.2, 0.25) is 0 Å². The molecule has 132 valence electrons. The van der Waals surface area contributed by atoms with Crippen molar-refractivity contribution in [1.29, 1.82) is 0 Å². The van der Waals surface area contributed by atoms with Gasteiger partial charge in [-0.2, -0.15) is 0 Å². The van der Waals surface area contributed by atoms with Crippen molar-refractivity contribution in [2.45, 2.75) is 40.0 Å². The number of hydrogen-bond donors (Lipinski definition) is 1. The molecule has 1 aliphatic carbocycles. The van der Waals surface area contributed by atoms with Crippen LogP contribution >= 0.6 is 0 Å². The maximum atomic E-state index is 6.59. The Labute approximate surface area is 156 Å². The number of rotatable bonds is 2. The first-order valence-electron chi connectivity index (χ1n) is 9.18. The summed E-state index contributed by atoms with van der Waals surface area (Å²) in [5.74, 6) is 6.59. The predicted octanol–water partition coefficient (Wildman–Crippen LogP) is 5.93. The molecule has 2 heteroatoms. The fourth-order valence-electron chi connectivity index (χ4n) is 4.52. The second kappa shape index (κ2) is 5.72. The van der Waals surface area contributed by atoms with Gasteiger partial charge in [-0.1, -0.05) is 61.9 Å². The Kier molecular flexibility index (Phi) is 3.71. The third-order valence-electron chi connectivity index (χ3n) is 5.72. The van der Waals surface area contributed by atoms with Crippen molar-refractivity contribution in [3.8, 4) is 11.1 Å². The van der Waals surface area contributed by atoms with Crippen LogP contribution in [0.15, 0.2) is 54.6 Å². The van der Waals surface area contributed by atoms with Crippen LogP contribution in [0.5, 0.6) is 0 Å². The maximum absolute atomic E-state index is 6.59. The lowest BCUT2D eigenvalue weighted by Gasteiger charge is -2.26. The normalized spacial score (nSPS) is 14.1. The second-order valence-electron chi connectivity index (χ2n) is 8.02. The van der Waals surface area contributed by atoms with Crippen molar-refractivity contribution < 1.29 is 0 Å². The van der Waals surface area contributed by atoms with E-state index in [1.54, 1.807) is 0 Å². The lowest BCUT2D eigenvalue weighted by molar-refractivity contribution is 0.660. The molecule has 0 unspecified atom stereocenters. The molecule has 0 aliphatic heterocycles. The smallest absolute Gasteiger partial charge is 0.0633 e. The van der Waals surface area contributed by atoms with Gasteiger partial charge in [0.15, 0.2) is 0 Å². The predicted molar refractivity (Wildman–Crippen MR) is 111 cm³/mol. The van der Waals surface area contributed by atoms with E-state index in [1.807, 2.05) is 5.01 Å². The fourth-order valence-corrected chi connectivity index (χ4v) is 4.52. The van der Waals surface area contributed by atoms with Crippen LogP contribution in [0.1, 0.15) is 41.7 Å². The van der Waals surface area contributed by atoms with Crippen LogP contribution in [-0.4, -0.2) is 0 Å². The van der Waals surface area contributed by atoms with Crippen LogP contribution < -0.4 is 10.9 Å². The zero-order valence-electron chi connectivity index (χ0n) is 16.2. The number of benzene rings is 3.